The molecule has 0 heterocycles. The average molecular weight is 296 g/mol. The van der Waals surface area contributed by atoms with Crippen LogP contribution in [0.15, 0.2) is 34.4 Å². The number of alkyl halides is 7. The van der Waals surface area contributed by atoms with E-state index in [4.69, 9.17) is 0 Å². The lowest BCUT2D eigenvalue weighted by molar-refractivity contribution is -0.0992. The zero-order valence-corrected chi connectivity index (χ0v) is 9.06. The first-order valence-corrected chi connectivity index (χ1v) is 4.64. The van der Waals surface area contributed by atoms with Crippen LogP contribution in [0.2, 0.25) is 0 Å². The molecule has 0 N–H and O–H groups in total. The Morgan fingerprint density at radius 3 is 1.74 bits per heavy atom. The molecule has 1 atom stereocenters. The van der Waals surface area contributed by atoms with Gasteiger partial charge in [-0.2, -0.15) is 26.3 Å². The van der Waals surface area contributed by atoms with Gasteiger partial charge in [-0.3, -0.25) is 0 Å². The molecule has 1 rings (SSSR count). The molecule has 0 aromatic carbocycles. The van der Waals surface area contributed by atoms with Crippen LogP contribution in [-0.2, 0) is 0 Å². The molecule has 0 fully saturated rings. The second kappa shape index (κ2) is 4.61. The van der Waals surface area contributed by atoms with Crippen molar-refractivity contribution in [1.82, 2.24) is 0 Å². The van der Waals surface area contributed by atoms with Crippen LogP contribution >= 0.6 is 0 Å². The van der Waals surface area contributed by atoms with Gasteiger partial charge in [0.2, 0.25) is 0 Å². The van der Waals surface area contributed by atoms with Gasteiger partial charge < -0.3 is 0 Å². The van der Waals surface area contributed by atoms with Gasteiger partial charge in [-0.25, -0.2) is 13.2 Å². The van der Waals surface area contributed by atoms with Crippen molar-refractivity contribution in [3.8, 4) is 0 Å². The Morgan fingerprint density at radius 2 is 1.37 bits per heavy atom. The topological polar surface area (TPSA) is 0 Å². The molecular weight excluding hydrogens is 291 g/mol. The molecule has 1 aliphatic carbocycles. The molecule has 0 radical (unpaired) electrons. The lowest BCUT2D eigenvalue weighted by Gasteiger charge is -2.14. The normalized spacial score (nSPS) is 22.6. The van der Waals surface area contributed by atoms with Gasteiger partial charge in [0.1, 0.15) is 23.4 Å². The lowest BCUT2D eigenvalue weighted by Crippen LogP contribution is -2.19. The van der Waals surface area contributed by atoms with Crippen molar-refractivity contribution in [2.75, 3.05) is 0 Å². The third-order valence-corrected chi connectivity index (χ3v) is 2.34. The van der Waals surface area contributed by atoms with Crippen molar-refractivity contribution >= 4 is 0 Å². The van der Waals surface area contributed by atoms with Crippen molar-refractivity contribution in [2.45, 2.75) is 25.4 Å². The number of allylic oxidation sites excluding steroid dienone is 6. The minimum atomic E-state index is -5.72. The summed E-state index contributed by atoms with van der Waals surface area (Å²) in [5, 5.41) is 0. The van der Waals surface area contributed by atoms with E-state index in [1.54, 1.807) is 0 Å². The van der Waals surface area contributed by atoms with Crippen molar-refractivity contribution in [1.29, 1.82) is 0 Å². The quantitative estimate of drug-likeness (QED) is 0.560. The maximum absolute atomic E-state index is 13.3. The van der Waals surface area contributed by atoms with Gasteiger partial charge in [-0.15, -0.1) is 0 Å². The van der Waals surface area contributed by atoms with E-state index in [-0.39, 0.29) is 0 Å². The van der Waals surface area contributed by atoms with Crippen LogP contribution in [0.1, 0.15) is 6.92 Å². The molecule has 0 amide bonds. The van der Waals surface area contributed by atoms with Gasteiger partial charge in [0.25, 0.3) is 0 Å². The molecule has 0 spiro atoms. The van der Waals surface area contributed by atoms with E-state index in [2.05, 4.69) is 0 Å². The van der Waals surface area contributed by atoms with Crippen LogP contribution in [0.4, 0.5) is 39.5 Å². The predicted molar refractivity (Wildman–Crippen MR) is 47.0 cm³/mol. The maximum Gasteiger partial charge on any atom is 0.422 e. The number of halogens is 9. The van der Waals surface area contributed by atoms with E-state index < -0.39 is 53.0 Å². The molecule has 0 saturated heterocycles. The van der Waals surface area contributed by atoms with Gasteiger partial charge in [0.05, 0.1) is 5.57 Å². The highest BCUT2D eigenvalue weighted by atomic mass is 19.4. The molecule has 0 aromatic heterocycles. The Labute approximate surface area is 100 Å². The fourth-order valence-electron chi connectivity index (χ4n) is 1.36. The minimum Gasteiger partial charge on any atom is -0.238 e. The zero-order chi connectivity index (χ0) is 15.2. The molecule has 0 aliphatic heterocycles. The molecular formula is C10H5F9. The summed E-state index contributed by atoms with van der Waals surface area (Å²) in [4.78, 5) is 0. The molecule has 19 heavy (non-hydrogen) atoms. The smallest absolute Gasteiger partial charge is 0.238 e. The highest BCUT2D eigenvalue weighted by Gasteiger charge is 2.48. The molecule has 0 bridgehead atoms. The third-order valence-electron chi connectivity index (χ3n) is 2.34. The maximum atomic E-state index is 13.3. The number of rotatable bonds is 0. The third kappa shape index (κ3) is 2.95. The molecule has 1 unspecified atom stereocenters. The van der Waals surface area contributed by atoms with E-state index in [0.717, 1.165) is 0 Å². The van der Waals surface area contributed by atoms with E-state index >= 15 is 0 Å². The molecule has 108 valence electrons. The molecule has 0 nitrogen and oxygen atoms in total. The number of hydrogen-bond acceptors (Lipinski definition) is 0. The van der Waals surface area contributed by atoms with E-state index in [9.17, 15) is 39.5 Å². The Kier molecular flexibility index (Phi) is 3.79. The summed E-state index contributed by atoms with van der Waals surface area (Å²) >= 11 is 0. The molecule has 1 aliphatic rings. The summed E-state index contributed by atoms with van der Waals surface area (Å²) in [6.07, 6.45) is -14.5. The van der Waals surface area contributed by atoms with Gasteiger partial charge in [0.15, 0.2) is 0 Å². The molecule has 9 heteroatoms. The van der Waals surface area contributed by atoms with Crippen LogP contribution in [0.3, 0.4) is 0 Å². The summed E-state index contributed by atoms with van der Waals surface area (Å²) in [6, 6.07) is 0. The Hall–Kier alpha value is -1.41. The Morgan fingerprint density at radius 1 is 0.895 bits per heavy atom. The summed E-state index contributed by atoms with van der Waals surface area (Å²) in [5.41, 5.74) is -6.52. The van der Waals surface area contributed by atoms with Crippen molar-refractivity contribution in [3.05, 3.63) is 34.4 Å². The first kappa shape index (κ1) is 15.6. The first-order valence-electron chi connectivity index (χ1n) is 4.64. The average Bonchev–Trinajstić information content (AvgIpc) is 2.27. The van der Waals surface area contributed by atoms with Crippen molar-refractivity contribution < 1.29 is 39.5 Å². The summed E-state index contributed by atoms with van der Waals surface area (Å²) in [6.45, 7) is 0.509. The highest BCUT2D eigenvalue weighted by Crippen LogP contribution is 2.45. The predicted octanol–water partition coefficient (Wildman–Crippen LogP) is 4.86. The van der Waals surface area contributed by atoms with Gasteiger partial charge in [0, 0.05) is 5.57 Å². The lowest BCUT2D eigenvalue weighted by atomic mass is 10.1. The molecule has 0 saturated carbocycles. The van der Waals surface area contributed by atoms with Gasteiger partial charge >= 0.3 is 12.4 Å². The first-order chi connectivity index (χ1) is 8.37. The largest absolute Gasteiger partial charge is 0.422 e. The Balaban J connectivity index is 3.66. The summed E-state index contributed by atoms with van der Waals surface area (Å²) in [7, 11) is 0. The zero-order valence-electron chi connectivity index (χ0n) is 9.06. The second-order valence-electron chi connectivity index (χ2n) is 3.66. The van der Waals surface area contributed by atoms with E-state index in [1.807, 2.05) is 0 Å². The van der Waals surface area contributed by atoms with Crippen molar-refractivity contribution in [3.63, 3.8) is 0 Å². The SMILES string of the molecule is CC1=C(F)C(C(F)(F)F)=C(F)C(C(F)(F)F)=CC1F. The number of hydrogen-bond donors (Lipinski definition) is 0. The monoisotopic (exact) mass is 296 g/mol. The summed E-state index contributed by atoms with van der Waals surface area (Å²) in [5.74, 6) is -5.26. The minimum absolute atomic E-state index is 0.428. The van der Waals surface area contributed by atoms with Gasteiger partial charge in [-0.1, -0.05) is 0 Å². The van der Waals surface area contributed by atoms with Crippen LogP contribution in [0, 0.1) is 0 Å². The van der Waals surface area contributed by atoms with Crippen molar-refractivity contribution in [2.24, 2.45) is 0 Å². The van der Waals surface area contributed by atoms with E-state index in [0.29, 0.717) is 6.92 Å². The summed E-state index contributed by atoms with van der Waals surface area (Å²) < 4.78 is 114. The fraction of sp³-hybridized carbons (Fsp3) is 0.400. The van der Waals surface area contributed by atoms with Crippen LogP contribution in [-0.4, -0.2) is 18.5 Å². The van der Waals surface area contributed by atoms with E-state index in [1.165, 1.54) is 0 Å². The Bertz CT molecular complexity index is 472. The van der Waals surface area contributed by atoms with Crippen LogP contribution < -0.4 is 0 Å². The van der Waals surface area contributed by atoms with Gasteiger partial charge in [-0.05, 0) is 13.0 Å². The highest BCUT2D eigenvalue weighted by molar-refractivity contribution is 5.49. The molecule has 0 aromatic rings. The second-order valence-corrected chi connectivity index (χ2v) is 3.66. The standard InChI is InChI=1S/C10H5F9/c1-3-5(11)2-4(9(14,15)16)8(13)6(7(3)12)10(17,18)19/h2,5H,1H3. The van der Waals surface area contributed by atoms with Crippen LogP contribution in [0.5, 0.6) is 0 Å². The fourth-order valence-corrected chi connectivity index (χ4v) is 1.36. The van der Waals surface area contributed by atoms with Crippen LogP contribution in [0.25, 0.3) is 0 Å².